The van der Waals surface area contributed by atoms with Crippen molar-refractivity contribution in [1.82, 2.24) is 0 Å². The molecule has 1 rings (SSSR count). The number of halogens is 3. The van der Waals surface area contributed by atoms with Gasteiger partial charge in [-0.25, -0.2) is 0 Å². The van der Waals surface area contributed by atoms with Crippen molar-refractivity contribution in [3.05, 3.63) is 33.9 Å². The zero-order valence-electron chi connectivity index (χ0n) is 10.9. The Bertz CT molecular complexity index is 544. The molecule has 1 aromatic rings. The molecule has 0 aromatic heterocycles. The van der Waals surface area contributed by atoms with Crippen LogP contribution in [0.1, 0.15) is 25.3 Å². The SMILES string of the molecule is CC(CCC(=O)O)Oc1ccc(C(F)(F)F)cc1[N+](=O)[O-]. The van der Waals surface area contributed by atoms with Crippen molar-refractivity contribution in [2.24, 2.45) is 0 Å². The lowest BCUT2D eigenvalue weighted by atomic mass is 10.1. The van der Waals surface area contributed by atoms with E-state index in [1.54, 1.807) is 0 Å². The van der Waals surface area contributed by atoms with Crippen LogP contribution in [0.15, 0.2) is 18.2 Å². The molecular formula is C12H12F3NO5. The standard InChI is InChI=1S/C12H12F3NO5/c1-7(2-5-11(17)18)21-10-4-3-8(12(13,14)15)6-9(10)16(19)20/h3-4,6-7H,2,5H2,1H3,(H,17,18). The maximum absolute atomic E-state index is 12.5. The van der Waals surface area contributed by atoms with Gasteiger partial charge in [0, 0.05) is 12.5 Å². The Hall–Kier alpha value is -2.32. The first-order chi connectivity index (χ1) is 9.61. The summed E-state index contributed by atoms with van der Waals surface area (Å²) in [5.74, 6) is -1.39. The van der Waals surface area contributed by atoms with E-state index in [4.69, 9.17) is 9.84 Å². The van der Waals surface area contributed by atoms with E-state index < -0.39 is 34.4 Å². The second-order valence-electron chi connectivity index (χ2n) is 4.30. The second-order valence-corrected chi connectivity index (χ2v) is 4.30. The van der Waals surface area contributed by atoms with Gasteiger partial charge in [-0.3, -0.25) is 14.9 Å². The third-order valence-electron chi connectivity index (χ3n) is 2.58. The first-order valence-electron chi connectivity index (χ1n) is 5.85. The quantitative estimate of drug-likeness (QED) is 0.643. The molecule has 0 amide bonds. The molecule has 21 heavy (non-hydrogen) atoms. The summed E-state index contributed by atoms with van der Waals surface area (Å²) in [7, 11) is 0. The average Bonchev–Trinajstić information content (AvgIpc) is 2.35. The van der Waals surface area contributed by atoms with Crippen LogP contribution >= 0.6 is 0 Å². The number of carboxylic acid groups (broad SMARTS) is 1. The van der Waals surface area contributed by atoms with Gasteiger partial charge in [0.2, 0.25) is 0 Å². The fourth-order valence-corrected chi connectivity index (χ4v) is 1.54. The summed E-state index contributed by atoms with van der Waals surface area (Å²) < 4.78 is 42.7. The summed E-state index contributed by atoms with van der Waals surface area (Å²) in [6, 6.07) is 1.92. The van der Waals surface area contributed by atoms with Gasteiger partial charge < -0.3 is 9.84 Å². The highest BCUT2D eigenvalue weighted by Gasteiger charge is 2.33. The number of hydrogen-bond acceptors (Lipinski definition) is 4. The lowest BCUT2D eigenvalue weighted by Crippen LogP contribution is -2.15. The number of aliphatic carboxylic acids is 1. The predicted molar refractivity (Wildman–Crippen MR) is 65.1 cm³/mol. The molecule has 1 N–H and O–H groups in total. The molecule has 0 saturated heterocycles. The van der Waals surface area contributed by atoms with Crippen LogP contribution in [-0.2, 0) is 11.0 Å². The number of ether oxygens (including phenoxy) is 1. The molecule has 0 heterocycles. The van der Waals surface area contributed by atoms with Crippen LogP contribution in [0.25, 0.3) is 0 Å². The second kappa shape index (κ2) is 6.42. The van der Waals surface area contributed by atoms with Gasteiger partial charge in [0.15, 0.2) is 5.75 Å². The Kier molecular flexibility index (Phi) is 5.12. The van der Waals surface area contributed by atoms with Gasteiger partial charge in [-0.2, -0.15) is 13.2 Å². The van der Waals surface area contributed by atoms with Gasteiger partial charge in [-0.1, -0.05) is 0 Å². The number of nitro benzene ring substituents is 1. The third-order valence-corrected chi connectivity index (χ3v) is 2.58. The van der Waals surface area contributed by atoms with E-state index in [-0.39, 0.29) is 18.6 Å². The normalized spacial score (nSPS) is 12.8. The smallest absolute Gasteiger partial charge is 0.416 e. The summed E-state index contributed by atoms with van der Waals surface area (Å²) in [6.45, 7) is 1.48. The zero-order valence-corrected chi connectivity index (χ0v) is 10.9. The molecule has 6 nitrogen and oxygen atoms in total. The Balaban J connectivity index is 2.97. The fraction of sp³-hybridized carbons (Fsp3) is 0.417. The average molecular weight is 307 g/mol. The van der Waals surface area contributed by atoms with E-state index >= 15 is 0 Å². The lowest BCUT2D eigenvalue weighted by Gasteiger charge is -2.14. The monoisotopic (exact) mass is 307 g/mol. The molecule has 0 aliphatic heterocycles. The van der Waals surface area contributed by atoms with Crippen LogP contribution in [0.2, 0.25) is 0 Å². The molecule has 1 atom stereocenters. The maximum Gasteiger partial charge on any atom is 0.416 e. The molecule has 1 unspecified atom stereocenters. The van der Waals surface area contributed by atoms with Crippen LogP contribution in [-0.4, -0.2) is 22.1 Å². The molecule has 0 bridgehead atoms. The number of carboxylic acids is 1. The van der Waals surface area contributed by atoms with E-state index in [0.717, 1.165) is 6.07 Å². The largest absolute Gasteiger partial charge is 0.484 e. The first kappa shape index (κ1) is 16.7. The van der Waals surface area contributed by atoms with E-state index in [1.807, 2.05) is 0 Å². The highest BCUT2D eigenvalue weighted by molar-refractivity contribution is 5.66. The highest BCUT2D eigenvalue weighted by atomic mass is 19.4. The Morgan fingerprint density at radius 2 is 2.10 bits per heavy atom. The van der Waals surface area contributed by atoms with E-state index in [1.165, 1.54) is 6.92 Å². The van der Waals surface area contributed by atoms with E-state index in [2.05, 4.69) is 0 Å². The Morgan fingerprint density at radius 3 is 2.57 bits per heavy atom. The summed E-state index contributed by atoms with van der Waals surface area (Å²) >= 11 is 0. The maximum atomic E-state index is 12.5. The van der Waals surface area contributed by atoms with Crippen LogP contribution < -0.4 is 4.74 Å². The minimum atomic E-state index is -4.70. The van der Waals surface area contributed by atoms with Gasteiger partial charge in [0.05, 0.1) is 16.6 Å². The first-order valence-corrected chi connectivity index (χ1v) is 5.85. The van der Waals surface area contributed by atoms with E-state index in [9.17, 15) is 28.1 Å². The zero-order chi connectivity index (χ0) is 16.2. The molecule has 0 saturated carbocycles. The van der Waals surface area contributed by atoms with Gasteiger partial charge >= 0.3 is 17.8 Å². The Morgan fingerprint density at radius 1 is 1.48 bits per heavy atom. The molecule has 9 heteroatoms. The van der Waals surface area contributed by atoms with Gasteiger partial charge in [0.1, 0.15) is 0 Å². The van der Waals surface area contributed by atoms with Crippen molar-refractivity contribution in [2.45, 2.75) is 32.0 Å². The molecule has 0 aliphatic carbocycles. The highest BCUT2D eigenvalue weighted by Crippen LogP contribution is 2.36. The summed E-state index contributed by atoms with van der Waals surface area (Å²) in [4.78, 5) is 20.2. The predicted octanol–water partition coefficient (Wildman–Crippen LogP) is 3.25. The number of alkyl halides is 3. The van der Waals surface area contributed by atoms with Gasteiger partial charge in [-0.15, -0.1) is 0 Å². The molecule has 0 spiro atoms. The number of hydrogen-bond donors (Lipinski definition) is 1. The van der Waals surface area contributed by atoms with Crippen molar-refractivity contribution in [3.8, 4) is 5.75 Å². The minimum absolute atomic E-state index is 0.0769. The third kappa shape index (κ3) is 4.93. The molecule has 0 radical (unpaired) electrons. The van der Waals surface area contributed by atoms with Crippen molar-refractivity contribution >= 4 is 11.7 Å². The van der Waals surface area contributed by atoms with Crippen molar-refractivity contribution in [2.75, 3.05) is 0 Å². The topological polar surface area (TPSA) is 89.7 Å². The molecular weight excluding hydrogens is 295 g/mol. The van der Waals surface area contributed by atoms with E-state index in [0.29, 0.717) is 12.1 Å². The van der Waals surface area contributed by atoms with Crippen molar-refractivity contribution in [1.29, 1.82) is 0 Å². The molecule has 1 aromatic carbocycles. The van der Waals surface area contributed by atoms with Crippen LogP contribution in [0.4, 0.5) is 18.9 Å². The number of rotatable bonds is 6. The Labute approximate surface area is 117 Å². The number of nitrogens with zero attached hydrogens (tertiary/aromatic N) is 1. The minimum Gasteiger partial charge on any atom is -0.484 e. The fourth-order valence-electron chi connectivity index (χ4n) is 1.54. The number of carbonyl (C=O) groups is 1. The van der Waals surface area contributed by atoms with Crippen molar-refractivity contribution in [3.63, 3.8) is 0 Å². The summed E-state index contributed by atoms with van der Waals surface area (Å²) in [5, 5.41) is 19.3. The number of benzene rings is 1. The van der Waals surface area contributed by atoms with Crippen molar-refractivity contribution < 1.29 is 32.7 Å². The molecule has 0 aliphatic rings. The van der Waals surface area contributed by atoms with Crippen LogP contribution in [0, 0.1) is 10.1 Å². The van der Waals surface area contributed by atoms with Crippen LogP contribution in [0.3, 0.4) is 0 Å². The molecule has 0 fully saturated rings. The number of nitro groups is 1. The molecule has 116 valence electrons. The lowest BCUT2D eigenvalue weighted by molar-refractivity contribution is -0.386. The van der Waals surface area contributed by atoms with Gasteiger partial charge in [0.25, 0.3) is 0 Å². The van der Waals surface area contributed by atoms with Crippen LogP contribution in [0.5, 0.6) is 5.75 Å². The summed E-state index contributed by atoms with van der Waals surface area (Å²) in [6.07, 6.45) is -5.52. The van der Waals surface area contributed by atoms with Gasteiger partial charge in [-0.05, 0) is 25.5 Å². The summed E-state index contributed by atoms with van der Waals surface area (Å²) in [5.41, 5.74) is -1.97.